The average molecular weight is 209 g/mol. The molecule has 0 fully saturated rings. The molecule has 2 rings (SSSR count). The van der Waals surface area contributed by atoms with E-state index < -0.39 is 0 Å². The van der Waals surface area contributed by atoms with Gasteiger partial charge in [-0.25, -0.2) is 4.98 Å². The molecule has 0 saturated heterocycles. The highest BCUT2D eigenvalue weighted by molar-refractivity contribution is 7.92. The van der Waals surface area contributed by atoms with Gasteiger partial charge in [0.15, 0.2) is 12.3 Å². The summed E-state index contributed by atoms with van der Waals surface area (Å²) < 4.78 is 13.4. The van der Waals surface area contributed by atoms with Crippen LogP contribution in [0.25, 0.3) is 0 Å². The van der Waals surface area contributed by atoms with Gasteiger partial charge in [0, 0.05) is 25.0 Å². The first kappa shape index (κ1) is 9.21. The first-order chi connectivity index (χ1) is 6.88. The topological polar surface area (TPSA) is 30.7 Å². The van der Waals surface area contributed by atoms with Gasteiger partial charge in [-0.15, -0.1) is 3.89 Å². The Morgan fingerprint density at radius 2 is 2.14 bits per heavy atom. The summed E-state index contributed by atoms with van der Waals surface area (Å²) in [5.41, 5.74) is 1.97. The maximum absolute atomic E-state index is 12.1. The van der Waals surface area contributed by atoms with Crippen molar-refractivity contribution in [2.24, 2.45) is 0 Å². The molecular formula is C9H8FN3S. The molecule has 0 aliphatic rings. The second kappa shape index (κ2) is 4.23. The molecule has 2 aromatic heterocycles. The fourth-order valence-electron chi connectivity index (χ4n) is 1.18. The Morgan fingerprint density at radius 1 is 1.36 bits per heavy atom. The summed E-state index contributed by atoms with van der Waals surface area (Å²) in [6, 6.07) is 3.84. The smallest absolute Gasteiger partial charge is 0.170 e. The monoisotopic (exact) mass is 209 g/mol. The Balaban J connectivity index is 2.11. The first-order valence-corrected chi connectivity index (χ1v) is 4.77. The van der Waals surface area contributed by atoms with E-state index in [0.29, 0.717) is 6.42 Å². The van der Waals surface area contributed by atoms with Gasteiger partial charge >= 0.3 is 0 Å². The Kier molecular flexibility index (Phi) is 2.78. The lowest BCUT2D eigenvalue weighted by atomic mass is 10.2. The molecule has 0 atom stereocenters. The van der Waals surface area contributed by atoms with E-state index in [0.717, 1.165) is 11.3 Å². The highest BCUT2D eigenvalue weighted by Crippen LogP contribution is 2.11. The van der Waals surface area contributed by atoms with Crippen molar-refractivity contribution in [1.82, 2.24) is 13.9 Å². The Hall–Kier alpha value is -1.36. The third kappa shape index (κ3) is 2.11. The van der Waals surface area contributed by atoms with Crippen molar-refractivity contribution in [1.29, 1.82) is 0 Å². The minimum absolute atomic E-state index is 0.142. The fraction of sp³-hybridized carbons (Fsp3) is 0.111. The van der Waals surface area contributed by atoms with E-state index in [4.69, 9.17) is 0 Å². The quantitative estimate of drug-likeness (QED) is 0.776. The van der Waals surface area contributed by atoms with Crippen LogP contribution in [0, 0.1) is 0 Å². The predicted molar refractivity (Wildman–Crippen MR) is 53.4 cm³/mol. The van der Waals surface area contributed by atoms with Crippen LogP contribution in [0.4, 0.5) is 3.89 Å². The number of hydrogen-bond acceptors (Lipinski definition) is 3. The molecule has 0 aliphatic carbocycles. The number of aromatic nitrogens is 3. The van der Waals surface area contributed by atoms with E-state index in [2.05, 4.69) is 9.97 Å². The van der Waals surface area contributed by atoms with E-state index in [1.165, 1.54) is 10.3 Å². The summed E-state index contributed by atoms with van der Waals surface area (Å²) in [6.45, 7) is 0. The zero-order chi connectivity index (χ0) is 9.80. The average Bonchev–Trinajstić information content (AvgIpc) is 2.67. The van der Waals surface area contributed by atoms with Gasteiger partial charge in [0.25, 0.3) is 0 Å². The van der Waals surface area contributed by atoms with Crippen molar-refractivity contribution < 1.29 is 3.89 Å². The number of nitrogens with zero attached hydrogens (tertiary/aromatic N) is 3. The Labute approximate surface area is 85.4 Å². The van der Waals surface area contributed by atoms with Gasteiger partial charge in [0.05, 0.1) is 5.69 Å². The van der Waals surface area contributed by atoms with E-state index in [-0.39, 0.29) is 12.3 Å². The zero-order valence-electron chi connectivity index (χ0n) is 7.30. The van der Waals surface area contributed by atoms with Crippen molar-refractivity contribution >= 4 is 12.3 Å². The van der Waals surface area contributed by atoms with E-state index >= 15 is 0 Å². The molecule has 0 spiro atoms. The number of imidazole rings is 1. The van der Waals surface area contributed by atoms with E-state index in [9.17, 15) is 3.89 Å². The summed E-state index contributed by atoms with van der Waals surface area (Å²) in [4.78, 5) is 7.98. The lowest BCUT2D eigenvalue weighted by Crippen LogP contribution is -1.87. The molecule has 2 aromatic rings. The molecule has 0 aromatic carbocycles. The normalized spacial score (nSPS) is 10.4. The molecule has 0 aliphatic heterocycles. The second-order valence-corrected chi connectivity index (χ2v) is 3.39. The summed E-state index contributed by atoms with van der Waals surface area (Å²) >= 11 is 0.142. The molecule has 0 saturated carbocycles. The molecule has 0 amide bonds. The minimum Gasteiger partial charge on any atom is -0.265 e. The highest BCUT2D eigenvalue weighted by Gasteiger charge is 2.00. The maximum atomic E-state index is 12.1. The van der Waals surface area contributed by atoms with Gasteiger partial charge < -0.3 is 0 Å². The van der Waals surface area contributed by atoms with Crippen molar-refractivity contribution in [2.75, 3.05) is 0 Å². The number of halogens is 1. The van der Waals surface area contributed by atoms with Crippen LogP contribution in [0.3, 0.4) is 0 Å². The molecular weight excluding hydrogens is 201 g/mol. The lowest BCUT2D eigenvalue weighted by molar-refractivity contribution is 0.915. The lowest BCUT2D eigenvalue weighted by Gasteiger charge is -1.95. The first-order valence-electron chi connectivity index (χ1n) is 4.09. The van der Waals surface area contributed by atoms with Crippen LogP contribution in [0.5, 0.6) is 0 Å². The summed E-state index contributed by atoms with van der Waals surface area (Å²) in [5, 5.41) is 0. The molecule has 0 N–H and O–H groups in total. The largest absolute Gasteiger partial charge is 0.265 e. The molecule has 5 heteroatoms. The van der Waals surface area contributed by atoms with Crippen molar-refractivity contribution in [3.63, 3.8) is 0 Å². The van der Waals surface area contributed by atoms with Crippen LogP contribution >= 0.6 is 12.3 Å². The Morgan fingerprint density at radius 3 is 2.79 bits per heavy atom. The zero-order valence-corrected chi connectivity index (χ0v) is 8.12. The van der Waals surface area contributed by atoms with Gasteiger partial charge in [-0.05, 0) is 17.7 Å². The van der Waals surface area contributed by atoms with Gasteiger partial charge in [0.1, 0.15) is 6.33 Å². The standard InChI is InChI=1S/C9H8FN3S/c10-14-13-6-9(12-7-13)5-8-1-3-11-4-2-8/h1-4,6-7H,5H2. The van der Waals surface area contributed by atoms with Crippen LogP contribution in [0.1, 0.15) is 11.3 Å². The van der Waals surface area contributed by atoms with Crippen LogP contribution < -0.4 is 0 Å². The molecule has 3 nitrogen and oxygen atoms in total. The van der Waals surface area contributed by atoms with Crippen LogP contribution in [-0.2, 0) is 6.42 Å². The highest BCUT2D eigenvalue weighted by atomic mass is 32.2. The summed E-state index contributed by atoms with van der Waals surface area (Å²) in [5.74, 6) is 0. The molecule has 14 heavy (non-hydrogen) atoms. The second-order valence-electron chi connectivity index (χ2n) is 2.83. The van der Waals surface area contributed by atoms with Gasteiger partial charge in [-0.3, -0.25) is 8.96 Å². The third-order valence-corrected chi connectivity index (χ3v) is 2.19. The molecule has 72 valence electrons. The number of rotatable bonds is 3. The van der Waals surface area contributed by atoms with Crippen molar-refractivity contribution in [2.45, 2.75) is 6.42 Å². The molecule has 0 unspecified atom stereocenters. The molecule has 0 bridgehead atoms. The SMILES string of the molecule is FSn1cnc(Cc2ccncc2)c1. The minimum atomic E-state index is 0.142. The van der Waals surface area contributed by atoms with Gasteiger partial charge in [-0.2, -0.15) is 0 Å². The van der Waals surface area contributed by atoms with E-state index in [1.54, 1.807) is 18.6 Å². The molecule has 0 radical (unpaired) electrons. The molecule has 2 heterocycles. The van der Waals surface area contributed by atoms with Gasteiger partial charge in [0.2, 0.25) is 0 Å². The fourth-order valence-corrected chi connectivity index (χ4v) is 1.43. The van der Waals surface area contributed by atoms with Crippen LogP contribution in [-0.4, -0.2) is 13.9 Å². The van der Waals surface area contributed by atoms with E-state index in [1.807, 2.05) is 12.1 Å². The van der Waals surface area contributed by atoms with Crippen LogP contribution in [0.2, 0.25) is 0 Å². The van der Waals surface area contributed by atoms with Crippen LogP contribution in [0.15, 0.2) is 37.1 Å². The maximum Gasteiger partial charge on any atom is 0.170 e. The summed E-state index contributed by atoms with van der Waals surface area (Å²) in [6.07, 6.45) is 7.30. The van der Waals surface area contributed by atoms with Crippen molar-refractivity contribution in [3.05, 3.63) is 48.3 Å². The predicted octanol–water partition coefficient (Wildman–Crippen LogP) is 2.25. The summed E-state index contributed by atoms with van der Waals surface area (Å²) in [7, 11) is 0. The number of hydrogen-bond donors (Lipinski definition) is 0. The van der Waals surface area contributed by atoms with Gasteiger partial charge in [-0.1, -0.05) is 0 Å². The third-order valence-electron chi connectivity index (χ3n) is 1.83. The Bertz CT molecular complexity index is 401. The van der Waals surface area contributed by atoms with Crippen molar-refractivity contribution in [3.8, 4) is 0 Å². The number of pyridine rings is 1.